The third-order valence-electron chi connectivity index (χ3n) is 4.63. The fourth-order valence-electron chi connectivity index (χ4n) is 3.33. The van der Waals surface area contributed by atoms with E-state index in [1.807, 2.05) is 13.8 Å². The van der Waals surface area contributed by atoms with Crippen LogP contribution in [-0.4, -0.2) is 35.4 Å². The lowest BCUT2D eigenvalue weighted by Crippen LogP contribution is -2.49. The normalized spacial score (nSPS) is 20.8. The van der Waals surface area contributed by atoms with Crippen LogP contribution in [0.4, 0.5) is 0 Å². The number of esters is 1. The molecule has 0 bridgehead atoms. The molecule has 1 aliphatic rings. The van der Waals surface area contributed by atoms with Crippen molar-refractivity contribution in [3.05, 3.63) is 34.9 Å². The first-order chi connectivity index (χ1) is 11.4. The van der Waals surface area contributed by atoms with Gasteiger partial charge in [-0.05, 0) is 25.3 Å². The Morgan fingerprint density at radius 2 is 1.92 bits per heavy atom. The molecule has 1 aromatic rings. The van der Waals surface area contributed by atoms with E-state index in [0.717, 1.165) is 6.42 Å². The van der Waals surface area contributed by atoms with Crippen LogP contribution in [0.25, 0.3) is 0 Å². The first kappa shape index (κ1) is 18.3. The van der Waals surface area contributed by atoms with Crippen LogP contribution in [0.1, 0.15) is 65.8 Å². The van der Waals surface area contributed by atoms with Crippen LogP contribution in [0.3, 0.4) is 0 Å². The van der Waals surface area contributed by atoms with E-state index in [9.17, 15) is 19.5 Å². The van der Waals surface area contributed by atoms with E-state index in [1.165, 1.54) is 0 Å². The first-order valence-electron chi connectivity index (χ1n) is 8.45. The molecular weight excluding hydrogens is 308 g/mol. The van der Waals surface area contributed by atoms with Gasteiger partial charge >= 0.3 is 5.97 Å². The van der Waals surface area contributed by atoms with Gasteiger partial charge in [-0.2, -0.15) is 0 Å². The predicted molar refractivity (Wildman–Crippen MR) is 89.1 cm³/mol. The number of aliphatic hydroxyl groups excluding tert-OH is 1. The van der Waals surface area contributed by atoms with E-state index in [-0.39, 0.29) is 18.6 Å². The molecule has 0 spiro atoms. The molecule has 5 heteroatoms. The van der Waals surface area contributed by atoms with Crippen molar-refractivity contribution in [2.45, 2.75) is 52.6 Å². The summed E-state index contributed by atoms with van der Waals surface area (Å²) in [4.78, 5) is 38.2. The molecule has 0 heterocycles. The lowest BCUT2D eigenvalue weighted by Gasteiger charge is -2.29. The van der Waals surface area contributed by atoms with Crippen LogP contribution >= 0.6 is 0 Å². The molecule has 1 aliphatic carbocycles. The molecule has 0 saturated carbocycles. The summed E-state index contributed by atoms with van der Waals surface area (Å²) in [6.45, 7) is 5.68. The third-order valence-corrected chi connectivity index (χ3v) is 4.63. The molecule has 5 nitrogen and oxygen atoms in total. The summed E-state index contributed by atoms with van der Waals surface area (Å²) in [5.74, 6) is -1.85. The van der Waals surface area contributed by atoms with Crippen molar-refractivity contribution >= 4 is 17.5 Å². The zero-order valence-electron chi connectivity index (χ0n) is 14.4. The number of carbonyl (C=O) groups excluding carboxylic acids is 3. The fraction of sp³-hybridized carbons (Fsp3) is 0.526. The smallest absolute Gasteiger partial charge is 0.336 e. The number of rotatable bonds is 7. The highest BCUT2D eigenvalue weighted by atomic mass is 16.5. The van der Waals surface area contributed by atoms with Gasteiger partial charge in [0.2, 0.25) is 0 Å². The molecular formula is C19H24O5. The summed E-state index contributed by atoms with van der Waals surface area (Å²) in [5.41, 5.74) is -0.479. The van der Waals surface area contributed by atoms with E-state index in [4.69, 9.17) is 4.74 Å². The number of benzene rings is 1. The Balaban J connectivity index is 2.42. The zero-order chi connectivity index (χ0) is 17.9. The number of ether oxygens (including phenoxy) is 1. The van der Waals surface area contributed by atoms with Gasteiger partial charge in [-0.1, -0.05) is 44.9 Å². The highest BCUT2D eigenvalue weighted by molar-refractivity contribution is 6.31. The van der Waals surface area contributed by atoms with Gasteiger partial charge in [-0.25, -0.2) is 4.79 Å². The number of Topliss-reactive ketones (excluding diaryl/α,β-unsaturated/α-hetero) is 2. The van der Waals surface area contributed by atoms with Crippen molar-refractivity contribution < 1.29 is 24.2 Å². The molecule has 2 atom stereocenters. The van der Waals surface area contributed by atoms with Crippen LogP contribution in [-0.2, 0) is 9.53 Å². The van der Waals surface area contributed by atoms with Crippen LogP contribution in [0.15, 0.2) is 18.2 Å². The summed E-state index contributed by atoms with van der Waals surface area (Å²) in [6, 6.07) is 5.03. The maximum atomic E-state index is 13.0. The summed E-state index contributed by atoms with van der Waals surface area (Å²) in [5, 5.41) is 10.6. The summed E-state index contributed by atoms with van der Waals surface area (Å²) >= 11 is 0. The average Bonchev–Trinajstić information content (AvgIpc) is 2.78. The number of aryl methyl sites for hydroxylation is 1. The molecule has 0 aromatic heterocycles. The molecule has 2 unspecified atom stereocenters. The minimum atomic E-state index is -1.78. The zero-order valence-corrected chi connectivity index (χ0v) is 14.4. The first-order valence-corrected chi connectivity index (χ1v) is 8.45. The van der Waals surface area contributed by atoms with E-state index >= 15 is 0 Å². The number of unbranched alkanes of at least 4 members (excludes halogenated alkanes) is 1. The number of ketones is 2. The van der Waals surface area contributed by atoms with Crippen molar-refractivity contribution in [1.82, 2.24) is 0 Å². The Morgan fingerprint density at radius 3 is 2.50 bits per heavy atom. The van der Waals surface area contributed by atoms with Crippen LogP contribution in [0, 0.1) is 12.3 Å². The van der Waals surface area contributed by atoms with Gasteiger partial charge < -0.3 is 9.84 Å². The van der Waals surface area contributed by atoms with Crippen molar-refractivity contribution in [3.8, 4) is 0 Å². The quantitative estimate of drug-likeness (QED) is 0.472. The minimum absolute atomic E-state index is 0.114. The minimum Gasteiger partial charge on any atom is -0.464 e. The van der Waals surface area contributed by atoms with Crippen LogP contribution in [0.2, 0.25) is 0 Å². The monoisotopic (exact) mass is 332 g/mol. The standard InChI is InChI=1S/C19H24O5/c1-4-6-11-24-18(23)17(22)19(10-5-2)15(20)13-9-7-8-12(3)14(13)16(19)21/h7-9,17,22H,4-6,10-11H2,1-3H3. The van der Waals surface area contributed by atoms with E-state index < -0.39 is 29.1 Å². The molecule has 0 radical (unpaired) electrons. The molecule has 2 rings (SSSR count). The van der Waals surface area contributed by atoms with Gasteiger partial charge in [0.25, 0.3) is 0 Å². The topological polar surface area (TPSA) is 80.7 Å². The number of hydrogen-bond donors (Lipinski definition) is 1. The Hall–Kier alpha value is -2.01. The number of carbonyl (C=O) groups is 3. The van der Waals surface area contributed by atoms with Gasteiger partial charge in [-0.3, -0.25) is 9.59 Å². The predicted octanol–water partition coefficient (Wildman–Crippen LogP) is 2.86. The Bertz CT molecular complexity index is 664. The fourth-order valence-corrected chi connectivity index (χ4v) is 3.33. The molecule has 0 amide bonds. The van der Waals surface area contributed by atoms with Crippen molar-refractivity contribution in [2.24, 2.45) is 5.41 Å². The van der Waals surface area contributed by atoms with Gasteiger partial charge in [0, 0.05) is 11.1 Å². The second kappa shape index (κ2) is 7.26. The molecule has 0 saturated heterocycles. The third kappa shape index (κ3) is 2.77. The summed E-state index contributed by atoms with van der Waals surface area (Å²) in [7, 11) is 0. The number of aliphatic hydroxyl groups is 1. The number of hydrogen-bond acceptors (Lipinski definition) is 5. The van der Waals surface area contributed by atoms with Gasteiger partial charge in [0.15, 0.2) is 17.7 Å². The van der Waals surface area contributed by atoms with Crippen LogP contribution in [0.5, 0.6) is 0 Å². The SMILES string of the molecule is CCCCOC(=O)C(O)C1(CCC)C(=O)c2cccc(C)c2C1=O. The Labute approximate surface area is 142 Å². The molecule has 0 aliphatic heterocycles. The largest absolute Gasteiger partial charge is 0.464 e. The maximum Gasteiger partial charge on any atom is 0.336 e. The van der Waals surface area contributed by atoms with Gasteiger partial charge in [0.05, 0.1) is 6.61 Å². The van der Waals surface area contributed by atoms with E-state index in [1.54, 1.807) is 25.1 Å². The number of fused-ring (bicyclic) bond motifs is 1. The molecule has 130 valence electrons. The Morgan fingerprint density at radius 1 is 1.21 bits per heavy atom. The lowest BCUT2D eigenvalue weighted by atomic mass is 9.73. The maximum absolute atomic E-state index is 13.0. The summed E-state index contributed by atoms with van der Waals surface area (Å²) < 4.78 is 5.06. The average molecular weight is 332 g/mol. The molecule has 24 heavy (non-hydrogen) atoms. The van der Waals surface area contributed by atoms with Crippen molar-refractivity contribution in [1.29, 1.82) is 0 Å². The highest BCUT2D eigenvalue weighted by Crippen LogP contribution is 2.44. The molecule has 1 N–H and O–H groups in total. The van der Waals surface area contributed by atoms with E-state index in [0.29, 0.717) is 24.0 Å². The lowest BCUT2D eigenvalue weighted by molar-refractivity contribution is -0.158. The highest BCUT2D eigenvalue weighted by Gasteiger charge is 2.59. The Kier molecular flexibility index (Phi) is 5.54. The second-order valence-corrected chi connectivity index (χ2v) is 6.30. The van der Waals surface area contributed by atoms with Crippen molar-refractivity contribution in [3.63, 3.8) is 0 Å². The summed E-state index contributed by atoms with van der Waals surface area (Å²) in [6.07, 6.45) is 0.333. The van der Waals surface area contributed by atoms with Crippen LogP contribution < -0.4 is 0 Å². The molecule has 1 aromatic carbocycles. The van der Waals surface area contributed by atoms with E-state index in [2.05, 4.69) is 0 Å². The molecule has 0 fully saturated rings. The van der Waals surface area contributed by atoms with Gasteiger partial charge in [0.1, 0.15) is 5.41 Å². The van der Waals surface area contributed by atoms with Gasteiger partial charge in [-0.15, -0.1) is 0 Å². The van der Waals surface area contributed by atoms with Crippen molar-refractivity contribution in [2.75, 3.05) is 6.61 Å². The second-order valence-electron chi connectivity index (χ2n) is 6.30.